The summed E-state index contributed by atoms with van der Waals surface area (Å²) in [6, 6.07) is 5.05. The number of methoxy groups -OCH3 is 1. The maximum Gasteiger partial charge on any atom is 0.422 e. The van der Waals surface area contributed by atoms with E-state index in [-0.39, 0.29) is 11.1 Å². The Morgan fingerprint density at radius 1 is 1.17 bits per heavy atom. The third-order valence-corrected chi connectivity index (χ3v) is 1.89. The number of hydrogen-bond acceptors (Lipinski definition) is 4. The molecule has 0 heterocycles. The van der Waals surface area contributed by atoms with E-state index in [4.69, 9.17) is 0 Å². The fraction of sp³-hybridized carbons (Fsp3) is 0.273. The second-order valence-electron chi connectivity index (χ2n) is 3.26. The minimum Gasteiger partial charge on any atom is -0.465 e. The quantitative estimate of drug-likeness (QED) is 0.783. The van der Waals surface area contributed by atoms with Crippen molar-refractivity contribution >= 4 is 11.9 Å². The number of alkyl halides is 3. The van der Waals surface area contributed by atoms with Gasteiger partial charge in [-0.3, -0.25) is 0 Å². The van der Waals surface area contributed by atoms with E-state index < -0.39 is 24.7 Å². The lowest BCUT2D eigenvalue weighted by atomic mass is 10.1. The molecular formula is C11H9F3O4. The van der Waals surface area contributed by atoms with Gasteiger partial charge in [0.05, 0.1) is 18.2 Å². The Balaban J connectivity index is 2.77. The summed E-state index contributed by atoms with van der Waals surface area (Å²) in [5.74, 6) is -1.85. The molecule has 0 radical (unpaired) electrons. The van der Waals surface area contributed by atoms with E-state index in [9.17, 15) is 22.8 Å². The van der Waals surface area contributed by atoms with Crippen LogP contribution in [0, 0.1) is 0 Å². The average Bonchev–Trinajstić information content (AvgIpc) is 2.34. The van der Waals surface area contributed by atoms with E-state index in [1.807, 2.05) is 0 Å². The van der Waals surface area contributed by atoms with Crippen LogP contribution in [0.4, 0.5) is 13.2 Å². The normalized spacial score (nSPS) is 10.9. The summed E-state index contributed by atoms with van der Waals surface area (Å²) in [6.45, 7) is -1.67. The van der Waals surface area contributed by atoms with Gasteiger partial charge in [0.2, 0.25) is 0 Å². The summed E-state index contributed by atoms with van der Waals surface area (Å²) < 4.78 is 44.0. The number of halogens is 3. The monoisotopic (exact) mass is 262 g/mol. The molecule has 1 rings (SSSR count). The molecule has 7 heteroatoms. The summed E-state index contributed by atoms with van der Waals surface area (Å²) in [7, 11) is 1.15. The van der Waals surface area contributed by atoms with Gasteiger partial charge in [0, 0.05) is 0 Å². The zero-order valence-electron chi connectivity index (χ0n) is 9.28. The minimum atomic E-state index is -4.59. The molecule has 0 atom stereocenters. The SMILES string of the molecule is COC(=O)c1cccc(C(=O)OCC(F)(F)F)c1. The standard InChI is InChI=1S/C11H9F3O4/c1-17-9(15)7-3-2-4-8(5-7)10(16)18-6-11(12,13)14/h2-5H,6H2,1H3. The first-order chi connectivity index (χ1) is 8.33. The Kier molecular flexibility index (Phi) is 4.30. The Labute approximate surface area is 100 Å². The van der Waals surface area contributed by atoms with Crippen molar-refractivity contribution in [1.82, 2.24) is 0 Å². The third-order valence-electron chi connectivity index (χ3n) is 1.89. The van der Waals surface area contributed by atoms with Crippen LogP contribution in [-0.2, 0) is 9.47 Å². The van der Waals surface area contributed by atoms with Gasteiger partial charge in [-0.1, -0.05) is 6.07 Å². The topological polar surface area (TPSA) is 52.6 Å². The van der Waals surface area contributed by atoms with Crippen molar-refractivity contribution in [3.63, 3.8) is 0 Å². The number of carbonyl (C=O) groups is 2. The summed E-state index contributed by atoms with van der Waals surface area (Å²) in [5, 5.41) is 0. The molecule has 0 aliphatic rings. The molecule has 0 bridgehead atoms. The zero-order chi connectivity index (χ0) is 13.8. The molecular weight excluding hydrogens is 253 g/mol. The molecule has 98 valence electrons. The molecule has 18 heavy (non-hydrogen) atoms. The predicted octanol–water partition coefficient (Wildman–Crippen LogP) is 2.19. The molecule has 1 aromatic carbocycles. The fourth-order valence-electron chi connectivity index (χ4n) is 1.12. The fourth-order valence-corrected chi connectivity index (χ4v) is 1.12. The molecule has 0 aromatic heterocycles. The number of carbonyl (C=O) groups excluding carboxylic acids is 2. The molecule has 0 fully saturated rings. The largest absolute Gasteiger partial charge is 0.465 e. The zero-order valence-corrected chi connectivity index (χ0v) is 9.28. The lowest BCUT2D eigenvalue weighted by molar-refractivity contribution is -0.161. The summed E-state index contributed by atoms with van der Waals surface area (Å²) in [5.41, 5.74) is -0.0962. The summed E-state index contributed by atoms with van der Waals surface area (Å²) >= 11 is 0. The lowest BCUT2D eigenvalue weighted by Gasteiger charge is -2.08. The van der Waals surface area contributed by atoms with Gasteiger partial charge < -0.3 is 9.47 Å². The van der Waals surface area contributed by atoms with Crippen LogP contribution >= 0.6 is 0 Å². The van der Waals surface area contributed by atoms with E-state index in [1.165, 1.54) is 18.2 Å². The van der Waals surface area contributed by atoms with Crippen LogP contribution < -0.4 is 0 Å². The number of esters is 2. The van der Waals surface area contributed by atoms with Crippen LogP contribution in [0.15, 0.2) is 24.3 Å². The van der Waals surface area contributed by atoms with Gasteiger partial charge in [-0.05, 0) is 18.2 Å². The third kappa shape index (κ3) is 4.08. The van der Waals surface area contributed by atoms with Gasteiger partial charge in [-0.25, -0.2) is 9.59 Å². The molecule has 0 unspecified atom stereocenters. The van der Waals surface area contributed by atoms with Gasteiger partial charge in [0.25, 0.3) is 0 Å². The highest BCUT2D eigenvalue weighted by atomic mass is 19.4. The van der Waals surface area contributed by atoms with Crippen molar-refractivity contribution < 1.29 is 32.2 Å². The van der Waals surface area contributed by atoms with Crippen molar-refractivity contribution in [3.05, 3.63) is 35.4 Å². The minimum absolute atomic E-state index is 0.0546. The van der Waals surface area contributed by atoms with Crippen LogP contribution in [0.25, 0.3) is 0 Å². The Bertz CT molecular complexity index is 454. The number of rotatable bonds is 3. The van der Waals surface area contributed by atoms with Crippen molar-refractivity contribution in [2.24, 2.45) is 0 Å². The lowest BCUT2D eigenvalue weighted by Crippen LogP contribution is -2.20. The predicted molar refractivity (Wildman–Crippen MR) is 54.1 cm³/mol. The van der Waals surface area contributed by atoms with Gasteiger partial charge in [0.1, 0.15) is 0 Å². The van der Waals surface area contributed by atoms with Crippen LogP contribution in [0.2, 0.25) is 0 Å². The molecule has 0 saturated heterocycles. The van der Waals surface area contributed by atoms with E-state index in [0.717, 1.165) is 13.2 Å². The maximum atomic E-state index is 11.8. The maximum absolute atomic E-state index is 11.8. The molecule has 0 saturated carbocycles. The molecule has 4 nitrogen and oxygen atoms in total. The smallest absolute Gasteiger partial charge is 0.422 e. The summed E-state index contributed by atoms with van der Waals surface area (Å²) in [6.07, 6.45) is -4.59. The molecule has 0 aliphatic carbocycles. The van der Waals surface area contributed by atoms with Crippen molar-refractivity contribution in [1.29, 1.82) is 0 Å². The van der Waals surface area contributed by atoms with Gasteiger partial charge in [0.15, 0.2) is 6.61 Å². The first kappa shape index (κ1) is 14.0. The first-order valence-electron chi connectivity index (χ1n) is 4.76. The molecule has 1 aromatic rings. The number of hydrogen-bond donors (Lipinski definition) is 0. The highest BCUT2D eigenvalue weighted by molar-refractivity contribution is 5.95. The van der Waals surface area contributed by atoms with Crippen molar-refractivity contribution in [2.75, 3.05) is 13.7 Å². The Hall–Kier alpha value is -2.05. The Morgan fingerprint density at radius 3 is 2.22 bits per heavy atom. The second-order valence-corrected chi connectivity index (χ2v) is 3.26. The molecule has 0 amide bonds. The number of ether oxygens (including phenoxy) is 2. The average molecular weight is 262 g/mol. The van der Waals surface area contributed by atoms with Gasteiger partial charge in [-0.2, -0.15) is 13.2 Å². The van der Waals surface area contributed by atoms with Crippen LogP contribution in [0.1, 0.15) is 20.7 Å². The van der Waals surface area contributed by atoms with Crippen molar-refractivity contribution in [3.8, 4) is 0 Å². The highest BCUT2D eigenvalue weighted by Gasteiger charge is 2.29. The van der Waals surface area contributed by atoms with Gasteiger partial charge in [-0.15, -0.1) is 0 Å². The van der Waals surface area contributed by atoms with Crippen LogP contribution in [0.3, 0.4) is 0 Å². The van der Waals surface area contributed by atoms with Crippen LogP contribution in [-0.4, -0.2) is 31.8 Å². The molecule has 0 N–H and O–H groups in total. The second kappa shape index (κ2) is 5.52. The summed E-state index contributed by atoms with van der Waals surface area (Å²) in [4.78, 5) is 22.4. The Morgan fingerprint density at radius 2 is 1.72 bits per heavy atom. The van der Waals surface area contributed by atoms with E-state index in [1.54, 1.807) is 0 Å². The molecule has 0 aliphatic heterocycles. The van der Waals surface area contributed by atoms with Gasteiger partial charge >= 0.3 is 18.1 Å². The van der Waals surface area contributed by atoms with Crippen LogP contribution in [0.5, 0.6) is 0 Å². The number of benzene rings is 1. The van der Waals surface area contributed by atoms with E-state index in [2.05, 4.69) is 9.47 Å². The van der Waals surface area contributed by atoms with Crippen molar-refractivity contribution in [2.45, 2.75) is 6.18 Å². The molecule has 0 spiro atoms. The first-order valence-corrected chi connectivity index (χ1v) is 4.76. The van der Waals surface area contributed by atoms with E-state index in [0.29, 0.717) is 0 Å². The van der Waals surface area contributed by atoms with E-state index >= 15 is 0 Å². The highest BCUT2D eigenvalue weighted by Crippen LogP contribution is 2.16.